The maximum Gasteiger partial charge on any atom is 0.123 e. The van der Waals surface area contributed by atoms with E-state index in [2.05, 4.69) is 47.2 Å². The standard InChI is InChI=1S/C17H25BrN2O/c1-13(2)10-20-11-14-9-15(18)5-6-16(14)21-8-7-17(3,4)12-19/h5-6,9,13,20H,7-8,10-11H2,1-4H3. The minimum atomic E-state index is -0.342. The highest BCUT2D eigenvalue weighted by Gasteiger charge is 2.16. The van der Waals surface area contributed by atoms with E-state index in [1.165, 1.54) is 0 Å². The van der Waals surface area contributed by atoms with Crippen molar-refractivity contribution in [2.45, 2.75) is 40.7 Å². The molecule has 0 fully saturated rings. The molecule has 1 N–H and O–H groups in total. The second-order valence-corrected chi connectivity index (χ2v) is 7.29. The minimum absolute atomic E-state index is 0.342. The number of rotatable bonds is 8. The Bertz CT molecular complexity index is 492. The van der Waals surface area contributed by atoms with Crippen molar-refractivity contribution in [1.29, 1.82) is 5.26 Å². The van der Waals surface area contributed by atoms with Gasteiger partial charge in [-0.1, -0.05) is 29.8 Å². The second kappa shape index (κ2) is 8.41. The maximum absolute atomic E-state index is 9.03. The summed E-state index contributed by atoms with van der Waals surface area (Å²) in [5.74, 6) is 1.51. The first-order valence-electron chi connectivity index (χ1n) is 7.37. The van der Waals surface area contributed by atoms with Crippen LogP contribution in [0.4, 0.5) is 0 Å². The van der Waals surface area contributed by atoms with Crippen LogP contribution < -0.4 is 10.1 Å². The Labute approximate surface area is 136 Å². The number of nitrogens with one attached hydrogen (secondary N) is 1. The van der Waals surface area contributed by atoms with Gasteiger partial charge in [-0.25, -0.2) is 0 Å². The van der Waals surface area contributed by atoms with E-state index < -0.39 is 0 Å². The molecule has 3 nitrogen and oxygen atoms in total. The second-order valence-electron chi connectivity index (χ2n) is 6.37. The van der Waals surface area contributed by atoms with Gasteiger partial charge in [0.1, 0.15) is 5.75 Å². The van der Waals surface area contributed by atoms with Crippen molar-refractivity contribution < 1.29 is 4.74 Å². The van der Waals surface area contributed by atoms with Gasteiger partial charge in [-0.05, 0) is 50.9 Å². The van der Waals surface area contributed by atoms with Gasteiger partial charge in [0.05, 0.1) is 18.1 Å². The van der Waals surface area contributed by atoms with Crippen LogP contribution in [0.25, 0.3) is 0 Å². The first kappa shape index (κ1) is 18.0. The number of ether oxygens (including phenoxy) is 1. The summed E-state index contributed by atoms with van der Waals surface area (Å²) in [5.41, 5.74) is 0.797. The van der Waals surface area contributed by atoms with Crippen LogP contribution in [0, 0.1) is 22.7 Å². The van der Waals surface area contributed by atoms with E-state index in [0.29, 0.717) is 12.5 Å². The molecule has 0 heterocycles. The Balaban J connectivity index is 2.62. The van der Waals surface area contributed by atoms with Crippen LogP contribution in [0.1, 0.15) is 39.7 Å². The normalized spacial score (nSPS) is 11.5. The van der Waals surface area contributed by atoms with Crippen LogP contribution in [-0.4, -0.2) is 13.2 Å². The van der Waals surface area contributed by atoms with Gasteiger partial charge in [-0.2, -0.15) is 5.26 Å². The number of nitrogens with zero attached hydrogens (tertiary/aromatic N) is 1. The summed E-state index contributed by atoms with van der Waals surface area (Å²) in [6.07, 6.45) is 0.721. The Kier molecular flexibility index (Phi) is 7.21. The molecule has 0 atom stereocenters. The Hall–Kier alpha value is -1.05. The highest BCUT2D eigenvalue weighted by atomic mass is 79.9. The zero-order chi connectivity index (χ0) is 15.9. The third-order valence-corrected chi connectivity index (χ3v) is 3.67. The van der Waals surface area contributed by atoms with E-state index in [-0.39, 0.29) is 5.41 Å². The Morgan fingerprint density at radius 1 is 1.38 bits per heavy atom. The lowest BCUT2D eigenvalue weighted by Gasteiger charge is -2.17. The van der Waals surface area contributed by atoms with Crippen LogP contribution in [-0.2, 0) is 6.54 Å². The number of nitriles is 1. The predicted octanol–water partition coefficient (Wildman–Crippen LogP) is 4.51. The lowest BCUT2D eigenvalue weighted by Crippen LogP contribution is -2.20. The maximum atomic E-state index is 9.03. The smallest absolute Gasteiger partial charge is 0.123 e. The molecular weight excluding hydrogens is 328 g/mol. The molecule has 0 radical (unpaired) electrons. The molecule has 4 heteroatoms. The molecule has 0 bridgehead atoms. The molecule has 1 aromatic rings. The molecule has 0 spiro atoms. The summed E-state index contributed by atoms with van der Waals surface area (Å²) in [4.78, 5) is 0. The number of hydrogen-bond donors (Lipinski definition) is 1. The van der Waals surface area contributed by atoms with E-state index in [1.54, 1.807) is 0 Å². The Morgan fingerprint density at radius 3 is 2.71 bits per heavy atom. The summed E-state index contributed by atoms with van der Waals surface area (Å²) in [5, 5.41) is 12.5. The molecule has 0 unspecified atom stereocenters. The lowest BCUT2D eigenvalue weighted by atomic mass is 9.92. The molecule has 0 saturated heterocycles. The summed E-state index contributed by atoms with van der Waals surface area (Å²) in [6, 6.07) is 8.34. The van der Waals surface area contributed by atoms with E-state index in [1.807, 2.05) is 26.0 Å². The van der Waals surface area contributed by atoms with Crippen LogP contribution in [0.15, 0.2) is 22.7 Å². The molecule has 1 rings (SSSR count). The van der Waals surface area contributed by atoms with Gasteiger partial charge >= 0.3 is 0 Å². The summed E-state index contributed by atoms with van der Waals surface area (Å²) in [6.45, 7) is 10.6. The fourth-order valence-corrected chi connectivity index (χ4v) is 2.20. The molecule has 116 valence electrons. The van der Waals surface area contributed by atoms with Gasteiger partial charge in [0, 0.05) is 16.6 Å². The average Bonchev–Trinajstić information content (AvgIpc) is 2.40. The van der Waals surface area contributed by atoms with Crippen molar-refractivity contribution in [2.24, 2.45) is 11.3 Å². The minimum Gasteiger partial charge on any atom is -0.493 e. The van der Waals surface area contributed by atoms with E-state index in [0.717, 1.165) is 35.3 Å². The van der Waals surface area contributed by atoms with Gasteiger partial charge in [0.15, 0.2) is 0 Å². The lowest BCUT2D eigenvalue weighted by molar-refractivity contribution is 0.261. The first-order valence-corrected chi connectivity index (χ1v) is 8.16. The van der Waals surface area contributed by atoms with Gasteiger partial charge in [0.25, 0.3) is 0 Å². The molecule has 0 saturated carbocycles. The van der Waals surface area contributed by atoms with Gasteiger partial charge in [-0.15, -0.1) is 0 Å². The highest BCUT2D eigenvalue weighted by Crippen LogP contribution is 2.25. The van der Waals surface area contributed by atoms with Crippen molar-refractivity contribution in [2.75, 3.05) is 13.2 Å². The molecule has 0 aromatic heterocycles. The molecule has 0 amide bonds. The highest BCUT2D eigenvalue weighted by molar-refractivity contribution is 9.10. The van der Waals surface area contributed by atoms with E-state index in [4.69, 9.17) is 10.00 Å². The third-order valence-electron chi connectivity index (χ3n) is 3.18. The molecule has 0 aliphatic rings. The third kappa shape index (κ3) is 6.97. The average molecular weight is 353 g/mol. The first-order chi connectivity index (χ1) is 9.84. The molecule has 1 aromatic carbocycles. The quantitative estimate of drug-likeness (QED) is 0.748. The van der Waals surface area contributed by atoms with Gasteiger partial charge in [0.2, 0.25) is 0 Å². The van der Waals surface area contributed by atoms with Crippen molar-refractivity contribution in [3.8, 4) is 11.8 Å². The molecule has 21 heavy (non-hydrogen) atoms. The van der Waals surface area contributed by atoms with Crippen molar-refractivity contribution >= 4 is 15.9 Å². The summed E-state index contributed by atoms with van der Waals surface area (Å²) < 4.78 is 6.93. The van der Waals surface area contributed by atoms with Crippen LogP contribution in [0.2, 0.25) is 0 Å². The molecular formula is C17H25BrN2O. The monoisotopic (exact) mass is 352 g/mol. The zero-order valence-electron chi connectivity index (χ0n) is 13.4. The van der Waals surface area contributed by atoms with Gasteiger partial charge in [-0.3, -0.25) is 0 Å². The Morgan fingerprint density at radius 2 is 2.10 bits per heavy atom. The van der Waals surface area contributed by atoms with Crippen LogP contribution in [0.3, 0.4) is 0 Å². The van der Waals surface area contributed by atoms with Crippen molar-refractivity contribution in [1.82, 2.24) is 5.32 Å². The summed E-state index contributed by atoms with van der Waals surface area (Å²) in [7, 11) is 0. The topological polar surface area (TPSA) is 45.0 Å². The van der Waals surface area contributed by atoms with Crippen LogP contribution >= 0.6 is 15.9 Å². The van der Waals surface area contributed by atoms with E-state index >= 15 is 0 Å². The van der Waals surface area contributed by atoms with Gasteiger partial charge < -0.3 is 10.1 Å². The van der Waals surface area contributed by atoms with E-state index in [9.17, 15) is 0 Å². The number of hydrogen-bond acceptors (Lipinski definition) is 3. The van der Waals surface area contributed by atoms with Crippen molar-refractivity contribution in [3.05, 3.63) is 28.2 Å². The number of benzene rings is 1. The predicted molar refractivity (Wildman–Crippen MR) is 90.2 cm³/mol. The largest absolute Gasteiger partial charge is 0.493 e. The molecule has 0 aliphatic carbocycles. The summed E-state index contributed by atoms with van der Waals surface area (Å²) >= 11 is 3.50. The van der Waals surface area contributed by atoms with Crippen molar-refractivity contribution in [3.63, 3.8) is 0 Å². The SMILES string of the molecule is CC(C)CNCc1cc(Br)ccc1OCCC(C)(C)C#N. The fourth-order valence-electron chi connectivity index (χ4n) is 1.79. The molecule has 0 aliphatic heterocycles. The number of halogens is 1. The zero-order valence-corrected chi connectivity index (χ0v) is 15.0. The fraction of sp³-hybridized carbons (Fsp3) is 0.588. The van der Waals surface area contributed by atoms with Crippen LogP contribution in [0.5, 0.6) is 5.75 Å².